The highest BCUT2D eigenvalue weighted by molar-refractivity contribution is 7.98. The van der Waals surface area contributed by atoms with Gasteiger partial charge in [-0.15, -0.1) is 0 Å². The molecule has 0 fully saturated rings. The Labute approximate surface area is 120 Å². The van der Waals surface area contributed by atoms with Gasteiger partial charge in [0.25, 0.3) is 0 Å². The van der Waals surface area contributed by atoms with Gasteiger partial charge in [0.2, 0.25) is 5.78 Å². The summed E-state index contributed by atoms with van der Waals surface area (Å²) in [4.78, 5) is 20.5. The van der Waals surface area contributed by atoms with Gasteiger partial charge in [-0.3, -0.25) is 4.79 Å². The second-order valence-corrected chi connectivity index (χ2v) is 4.79. The quantitative estimate of drug-likeness (QED) is 0.493. The highest BCUT2D eigenvalue weighted by Crippen LogP contribution is 2.21. The molecule has 6 heteroatoms. The molecule has 1 aromatic carbocycles. The summed E-state index contributed by atoms with van der Waals surface area (Å²) >= 11 is 7.34. The lowest BCUT2D eigenvalue weighted by Crippen LogP contribution is -2.07. The zero-order valence-electron chi connectivity index (χ0n) is 10.4. The van der Waals surface area contributed by atoms with Crippen molar-refractivity contribution in [3.63, 3.8) is 0 Å². The number of carbonyl (C=O) groups excluding carboxylic acids is 1. The first-order valence-electron chi connectivity index (χ1n) is 5.41. The molecule has 0 saturated carbocycles. The maximum absolute atomic E-state index is 12.4. The molecule has 0 aliphatic carbocycles. The minimum atomic E-state index is -0.249. The van der Waals surface area contributed by atoms with Crippen LogP contribution in [0.15, 0.2) is 35.6 Å². The van der Waals surface area contributed by atoms with Crippen LogP contribution in [-0.4, -0.2) is 29.1 Å². The van der Waals surface area contributed by atoms with E-state index < -0.39 is 0 Å². The fourth-order valence-electron chi connectivity index (χ4n) is 1.51. The van der Waals surface area contributed by atoms with Gasteiger partial charge in [0.15, 0.2) is 5.16 Å². The highest BCUT2D eigenvalue weighted by atomic mass is 35.5. The third kappa shape index (κ3) is 3.05. The molecule has 0 saturated heterocycles. The molecule has 19 heavy (non-hydrogen) atoms. The summed E-state index contributed by atoms with van der Waals surface area (Å²) in [5.41, 5.74) is 0.682. The van der Waals surface area contributed by atoms with Gasteiger partial charge in [0.1, 0.15) is 11.4 Å². The zero-order valence-corrected chi connectivity index (χ0v) is 12.0. The average Bonchev–Trinajstić information content (AvgIpc) is 2.47. The third-order valence-electron chi connectivity index (χ3n) is 2.45. The Hall–Kier alpha value is -1.59. The van der Waals surface area contributed by atoms with Gasteiger partial charge in [-0.1, -0.05) is 35.5 Å². The van der Waals surface area contributed by atoms with Crippen LogP contribution in [0, 0.1) is 0 Å². The van der Waals surface area contributed by atoms with Gasteiger partial charge in [-0.25, -0.2) is 9.97 Å². The molecule has 98 valence electrons. The predicted octanol–water partition coefficient (Wildman–Crippen LogP) is 3.09. The molecule has 1 aromatic heterocycles. The SMILES string of the molecule is COc1cccc(C(=O)c2nc(SC)ncc2Cl)c1. The van der Waals surface area contributed by atoms with Crippen LogP contribution in [0.5, 0.6) is 5.75 Å². The van der Waals surface area contributed by atoms with Crippen LogP contribution in [0.25, 0.3) is 0 Å². The van der Waals surface area contributed by atoms with Crippen molar-refractivity contribution in [2.24, 2.45) is 0 Å². The van der Waals surface area contributed by atoms with Crippen molar-refractivity contribution >= 4 is 29.1 Å². The average molecular weight is 295 g/mol. The Morgan fingerprint density at radius 3 is 2.89 bits per heavy atom. The number of benzene rings is 1. The van der Waals surface area contributed by atoms with Crippen LogP contribution in [0.4, 0.5) is 0 Å². The van der Waals surface area contributed by atoms with Crippen LogP contribution in [0.2, 0.25) is 5.02 Å². The van der Waals surface area contributed by atoms with Crippen molar-refractivity contribution in [2.75, 3.05) is 13.4 Å². The van der Waals surface area contributed by atoms with Gasteiger partial charge in [-0.2, -0.15) is 0 Å². The summed E-state index contributed by atoms with van der Waals surface area (Å²) in [7, 11) is 1.55. The van der Waals surface area contributed by atoms with Gasteiger partial charge < -0.3 is 4.74 Å². The number of rotatable bonds is 4. The van der Waals surface area contributed by atoms with Gasteiger partial charge >= 0.3 is 0 Å². The van der Waals surface area contributed by atoms with Crippen molar-refractivity contribution in [3.05, 3.63) is 46.7 Å². The number of methoxy groups -OCH3 is 1. The molecule has 1 heterocycles. The summed E-state index contributed by atoms with van der Waals surface area (Å²) in [6, 6.07) is 6.86. The molecule has 0 bridgehead atoms. The Morgan fingerprint density at radius 1 is 1.42 bits per heavy atom. The largest absolute Gasteiger partial charge is 0.497 e. The van der Waals surface area contributed by atoms with E-state index in [2.05, 4.69) is 9.97 Å². The van der Waals surface area contributed by atoms with Crippen molar-refractivity contribution in [1.82, 2.24) is 9.97 Å². The number of ether oxygens (including phenoxy) is 1. The van der Waals surface area contributed by atoms with E-state index in [0.29, 0.717) is 16.5 Å². The third-order valence-corrected chi connectivity index (χ3v) is 3.29. The molecule has 0 unspecified atom stereocenters. The number of ketones is 1. The lowest BCUT2D eigenvalue weighted by atomic mass is 10.1. The lowest BCUT2D eigenvalue weighted by molar-refractivity contribution is 0.103. The molecule has 0 aliphatic rings. The maximum Gasteiger partial charge on any atom is 0.213 e. The summed E-state index contributed by atoms with van der Waals surface area (Å²) in [6.07, 6.45) is 3.27. The van der Waals surface area contributed by atoms with Crippen LogP contribution in [0.1, 0.15) is 16.1 Å². The number of thioether (sulfide) groups is 1. The van der Waals surface area contributed by atoms with E-state index in [0.717, 1.165) is 0 Å². The summed E-state index contributed by atoms with van der Waals surface area (Å²) in [5.74, 6) is 0.364. The highest BCUT2D eigenvalue weighted by Gasteiger charge is 2.16. The standard InChI is InChI=1S/C13H11ClN2O2S/c1-18-9-5-3-4-8(6-9)12(17)11-10(14)7-15-13(16-11)19-2/h3-7H,1-2H3. The number of hydrogen-bond acceptors (Lipinski definition) is 5. The summed E-state index contributed by atoms with van der Waals surface area (Å²) in [6.45, 7) is 0. The molecule has 0 amide bonds. The second kappa shape index (κ2) is 6.04. The normalized spacial score (nSPS) is 10.3. The zero-order chi connectivity index (χ0) is 13.8. The van der Waals surface area contributed by atoms with Gasteiger partial charge in [0.05, 0.1) is 18.3 Å². The molecule has 0 radical (unpaired) electrons. The first kappa shape index (κ1) is 13.8. The number of carbonyl (C=O) groups is 1. The Balaban J connectivity index is 2.43. The summed E-state index contributed by atoms with van der Waals surface area (Å²) < 4.78 is 5.09. The minimum absolute atomic E-state index is 0.203. The van der Waals surface area contributed by atoms with Crippen molar-refractivity contribution in [3.8, 4) is 5.75 Å². The molecule has 2 rings (SSSR count). The molecule has 0 spiro atoms. The number of nitrogens with zero attached hydrogens (tertiary/aromatic N) is 2. The fourth-order valence-corrected chi connectivity index (χ4v) is 2.03. The van der Waals surface area contributed by atoms with E-state index in [1.165, 1.54) is 18.0 Å². The van der Waals surface area contributed by atoms with Crippen molar-refractivity contribution in [1.29, 1.82) is 0 Å². The number of hydrogen-bond donors (Lipinski definition) is 0. The molecular weight excluding hydrogens is 284 g/mol. The maximum atomic E-state index is 12.4. The van der Waals surface area contributed by atoms with Crippen LogP contribution >= 0.6 is 23.4 Å². The van der Waals surface area contributed by atoms with Crippen LogP contribution < -0.4 is 4.74 Å². The van der Waals surface area contributed by atoms with E-state index in [1.807, 2.05) is 6.26 Å². The van der Waals surface area contributed by atoms with E-state index in [1.54, 1.807) is 31.4 Å². The smallest absolute Gasteiger partial charge is 0.213 e. The number of halogens is 1. The molecule has 0 aliphatic heterocycles. The fraction of sp³-hybridized carbons (Fsp3) is 0.154. The topological polar surface area (TPSA) is 52.1 Å². The Bertz CT molecular complexity index is 619. The van der Waals surface area contributed by atoms with E-state index in [-0.39, 0.29) is 16.5 Å². The first-order chi connectivity index (χ1) is 9.15. The minimum Gasteiger partial charge on any atom is -0.497 e. The number of aromatic nitrogens is 2. The molecule has 0 N–H and O–H groups in total. The van der Waals surface area contributed by atoms with Crippen LogP contribution in [-0.2, 0) is 0 Å². The summed E-state index contributed by atoms with van der Waals surface area (Å²) in [5, 5.41) is 0.751. The molecule has 0 atom stereocenters. The van der Waals surface area contributed by atoms with Gasteiger partial charge in [-0.05, 0) is 18.4 Å². The van der Waals surface area contributed by atoms with Crippen LogP contribution in [0.3, 0.4) is 0 Å². The van der Waals surface area contributed by atoms with Gasteiger partial charge in [0, 0.05) is 5.56 Å². The molecule has 2 aromatic rings. The van der Waals surface area contributed by atoms with Crippen molar-refractivity contribution in [2.45, 2.75) is 5.16 Å². The molecular formula is C13H11ClN2O2S. The Morgan fingerprint density at radius 2 is 2.21 bits per heavy atom. The first-order valence-corrected chi connectivity index (χ1v) is 7.01. The Kier molecular flexibility index (Phi) is 4.39. The second-order valence-electron chi connectivity index (χ2n) is 3.61. The van der Waals surface area contributed by atoms with E-state index in [4.69, 9.17) is 16.3 Å². The van der Waals surface area contributed by atoms with E-state index in [9.17, 15) is 4.79 Å². The lowest BCUT2D eigenvalue weighted by Gasteiger charge is -2.05. The predicted molar refractivity (Wildman–Crippen MR) is 75.2 cm³/mol. The van der Waals surface area contributed by atoms with E-state index >= 15 is 0 Å². The molecule has 4 nitrogen and oxygen atoms in total. The monoisotopic (exact) mass is 294 g/mol. The van der Waals surface area contributed by atoms with Crippen molar-refractivity contribution < 1.29 is 9.53 Å².